The molecule has 8 nitrogen and oxygen atoms in total. The lowest BCUT2D eigenvalue weighted by Gasteiger charge is -2.13. The first-order chi connectivity index (χ1) is 11.8. The number of hydrazine groups is 1. The van der Waals surface area contributed by atoms with Crippen molar-refractivity contribution < 1.29 is 21.6 Å². The van der Waals surface area contributed by atoms with Gasteiger partial charge in [0.15, 0.2) is 15.7 Å². The van der Waals surface area contributed by atoms with E-state index in [4.69, 9.17) is 40.2 Å². The van der Waals surface area contributed by atoms with Gasteiger partial charge >= 0.3 is 6.18 Å². The average molecular weight is 431 g/mol. The summed E-state index contributed by atoms with van der Waals surface area (Å²) in [6, 6.07) is 1.19. The van der Waals surface area contributed by atoms with Crippen molar-refractivity contribution in [3.8, 4) is 5.69 Å². The highest BCUT2D eigenvalue weighted by molar-refractivity contribution is 7.91. The maximum Gasteiger partial charge on any atom is 0.416 e. The van der Waals surface area contributed by atoms with Crippen LogP contribution in [-0.4, -0.2) is 30.3 Å². The number of nitrogens with one attached hydrogen (secondary N) is 2. The Kier molecular flexibility index (Phi) is 5.16. The van der Waals surface area contributed by atoms with Gasteiger partial charge in [-0.25, -0.2) is 18.9 Å². The highest BCUT2D eigenvalue weighted by atomic mass is 35.5. The smallest absolute Gasteiger partial charge is 0.382 e. The van der Waals surface area contributed by atoms with Gasteiger partial charge in [-0.15, -0.1) is 0 Å². The molecule has 2 rings (SSSR count). The van der Waals surface area contributed by atoms with E-state index >= 15 is 0 Å². The first kappa shape index (κ1) is 20.3. The molecule has 0 saturated heterocycles. The lowest BCUT2D eigenvalue weighted by Crippen LogP contribution is -2.31. The number of sulfone groups is 1. The van der Waals surface area contributed by atoms with Crippen LogP contribution in [0.2, 0.25) is 10.0 Å². The summed E-state index contributed by atoms with van der Waals surface area (Å²) in [5, 5.41) is 10.5. The van der Waals surface area contributed by atoms with Crippen molar-refractivity contribution in [2.45, 2.75) is 11.1 Å². The summed E-state index contributed by atoms with van der Waals surface area (Å²) >= 11 is 11.8. The van der Waals surface area contributed by atoms with Crippen LogP contribution in [0.4, 0.5) is 19.0 Å². The van der Waals surface area contributed by atoms with Crippen LogP contribution in [0.1, 0.15) is 11.3 Å². The zero-order valence-electron chi connectivity index (χ0n) is 12.8. The van der Waals surface area contributed by atoms with E-state index in [-0.39, 0.29) is 5.69 Å². The minimum Gasteiger partial charge on any atom is -0.382 e. The second-order valence-electron chi connectivity index (χ2n) is 5.05. The molecule has 0 radical (unpaired) electrons. The molecule has 2 aromatic rings. The number of nitrogens with zero attached hydrogens (tertiary/aromatic N) is 2. The molecule has 1 aromatic heterocycles. The number of halogens is 5. The fraction of sp³-hybridized carbons (Fsp3) is 0.167. The average Bonchev–Trinajstić information content (AvgIpc) is 2.82. The Morgan fingerprint density at radius 2 is 1.81 bits per heavy atom. The molecule has 0 aliphatic carbocycles. The van der Waals surface area contributed by atoms with Crippen molar-refractivity contribution in [3.63, 3.8) is 0 Å². The normalized spacial score (nSPS) is 12.3. The highest BCUT2D eigenvalue weighted by Crippen LogP contribution is 2.39. The molecule has 0 fully saturated rings. The Morgan fingerprint density at radius 3 is 2.19 bits per heavy atom. The summed E-state index contributed by atoms with van der Waals surface area (Å²) in [5.74, 6) is 4.02. The van der Waals surface area contributed by atoms with Gasteiger partial charge in [0.05, 0.1) is 15.6 Å². The number of anilines is 1. The molecule has 142 valence electrons. The molecule has 0 unspecified atom stereocenters. The van der Waals surface area contributed by atoms with Crippen molar-refractivity contribution >= 4 is 44.7 Å². The van der Waals surface area contributed by atoms with E-state index in [9.17, 15) is 21.6 Å². The second kappa shape index (κ2) is 6.61. The Bertz CT molecular complexity index is 980. The maximum absolute atomic E-state index is 12.8. The maximum atomic E-state index is 12.8. The van der Waals surface area contributed by atoms with Gasteiger partial charge < -0.3 is 11.2 Å². The summed E-state index contributed by atoms with van der Waals surface area (Å²) in [6.45, 7) is 0. The first-order valence-corrected chi connectivity index (χ1v) is 9.14. The SMILES string of the molecule is CS(=O)(=O)c1c(C(=N)NN)nn(-c2c(Cl)cc(C(F)(F)F)cc2Cl)c1N. The first-order valence-electron chi connectivity index (χ1n) is 6.49. The Balaban J connectivity index is 2.83. The van der Waals surface area contributed by atoms with Crippen molar-refractivity contribution in [1.29, 1.82) is 5.41 Å². The fourth-order valence-electron chi connectivity index (χ4n) is 2.12. The van der Waals surface area contributed by atoms with E-state index in [0.717, 1.165) is 10.9 Å². The third kappa shape index (κ3) is 3.58. The predicted molar refractivity (Wildman–Crippen MR) is 90.3 cm³/mol. The molecule has 0 amide bonds. The van der Waals surface area contributed by atoms with Crippen molar-refractivity contribution in [1.82, 2.24) is 15.2 Å². The van der Waals surface area contributed by atoms with Gasteiger partial charge in [-0.05, 0) is 12.1 Å². The van der Waals surface area contributed by atoms with Crippen LogP contribution in [0.15, 0.2) is 17.0 Å². The molecular weight excluding hydrogens is 420 g/mol. The lowest BCUT2D eigenvalue weighted by atomic mass is 10.2. The molecule has 0 bridgehead atoms. The number of nitrogen functional groups attached to an aromatic ring is 1. The summed E-state index contributed by atoms with van der Waals surface area (Å²) in [5.41, 5.74) is 5.88. The molecule has 26 heavy (non-hydrogen) atoms. The molecule has 0 aliphatic rings. The van der Waals surface area contributed by atoms with Crippen LogP contribution in [-0.2, 0) is 16.0 Å². The van der Waals surface area contributed by atoms with E-state index in [0.29, 0.717) is 12.1 Å². The molecule has 1 aromatic carbocycles. The van der Waals surface area contributed by atoms with Crippen LogP contribution in [0.3, 0.4) is 0 Å². The second-order valence-corrected chi connectivity index (χ2v) is 7.82. The molecule has 0 atom stereocenters. The van der Waals surface area contributed by atoms with Crippen LogP contribution in [0.5, 0.6) is 0 Å². The van der Waals surface area contributed by atoms with Crippen LogP contribution < -0.4 is 17.0 Å². The Morgan fingerprint density at radius 1 is 1.31 bits per heavy atom. The quantitative estimate of drug-likeness (QED) is 0.254. The van der Waals surface area contributed by atoms with Crippen LogP contribution in [0.25, 0.3) is 5.69 Å². The van der Waals surface area contributed by atoms with Gasteiger partial charge in [0.25, 0.3) is 0 Å². The summed E-state index contributed by atoms with van der Waals surface area (Å²) < 4.78 is 63.2. The lowest BCUT2D eigenvalue weighted by molar-refractivity contribution is -0.137. The molecule has 0 spiro atoms. The van der Waals surface area contributed by atoms with Gasteiger partial charge in [0.1, 0.15) is 22.1 Å². The largest absolute Gasteiger partial charge is 0.416 e. The number of benzene rings is 1. The number of hydrogen-bond donors (Lipinski definition) is 4. The number of hydrogen-bond acceptors (Lipinski definition) is 6. The summed E-state index contributed by atoms with van der Waals surface area (Å²) in [6.07, 6.45) is -3.88. The van der Waals surface area contributed by atoms with E-state index in [1.165, 1.54) is 0 Å². The van der Waals surface area contributed by atoms with E-state index in [1.54, 1.807) is 0 Å². The van der Waals surface area contributed by atoms with Crippen LogP contribution >= 0.6 is 23.2 Å². The van der Waals surface area contributed by atoms with Gasteiger partial charge in [-0.1, -0.05) is 23.2 Å². The third-order valence-electron chi connectivity index (χ3n) is 3.18. The zero-order chi connectivity index (χ0) is 20.0. The van der Waals surface area contributed by atoms with Crippen LogP contribution in [0, 0.1) is 5.41 Å². The Hall–Kier alpha value is -2.02. The molecular formula is C12H11Cl2F3N6O2S. The summed E-state index contributed by atoms with van der Waals surface area (Å²) in [4.78, 5) is -0.549. The highest BCUT2D eigenvalue weighted by Gasteiger charge is 2.33. The molecule has 14 heteroatoms. The van der Waals surface area contributed by atoms with Crippen molar-refractivity contribution in [2.24, 2.45) is 5.84 Å². The Labute approximate surface area is 155 Å². The topological polar surface area (TPSA) is 140 Å². The van der Waals surface area contributed by atoms with Gasteiger partial charge in [0, 0.05) is 6.26 Å². The minimum atomic E-state index is -4.70. The van der Waals surface area contributed by atoms with Gasteiger partial charge in [-0.2, -0.15) is 18.3 Å². The van der Waals surface area contributed by atoms with E-state index < -0.39 is 53.9 Å². The monoisotopic (exact) mass is 430 g/mol. The van der Waals surface area contributed by atoms with Crippen molar-refractivity contribution in [2.75, 3.05) is 12.0 Å². The molecule has 1 heterocycles. The zero-order valence-corrected chi connectivity index (χ0v) is 15.1. The molecule has 6 N–H and O–H groups in total. The summed E-state index contributed by atoms with van der Waals surface area (Å²) in [7, 11) is -3.97. The predicted octanol–water partition coefficient (Wildman–Crippen LogP) is 1.97. The van der Waals surface area contributed by atoms with Gasteiger partial charge in [-0.3, -0.25) is 5.41 Å². The minimum absolute atomic E-state index is 0.278. The number of amidine groups is 1. The van der Waals surface area contributed by atoms with Crippen molar-refractivity contribution in [3.05, 3.63) is 33.4 Å². The van der Waals surface area contributed by atoms with E-state index in [2.05, 4.69) is 5.10 Å². The van der Waals surface area contributed by atoms with Gasteiger partial charge in [0.2, 0.25) is 0 Å². The fourth-order valence-corrected chi connectivity index (χ4v) is 3.72. The standard InChI is InChI=1S/C12H11Cl2F3N6O2S/c1-26(24,25)9-7(10(18)21-20)22-23(11(9)19)8-5(13)2-4(3-6(8)14)12(15,16)17/h2-3H,19-20H2,1H3,(H2,18,21). The number of aromatic nitrogens is 2. The molecule has 0 saturated carbocycles. The van der Waals surface area contributed by atoms with E-state index in [1.807, 2.05) is 5.43 Å². The number of alkyl halides is 3. The number of nitrogens with two attached hydrogens (primary N) is 2. The number of rotatable bonds is 3. The third-order valence-corrected chi connectivity index (χ3v) is 4.90. The molecule has 0 aliphatic heterocycles.